The zero-order valence-corrected chi connectivity index (χ0v) is 36.0. The summed E-state index contributed by atoms with van der Waals surface area (Å²) >= 11 is 14.6. The summed E-state index contributed by atoms with van der Waals surface area (Å²) in [6, 6.07) is -0.475. The molecule has 6 fully saturated rings. The summed E-state index contributed by atoms with van der Waals surface area (Å²) in [6.07, 6.45) is 15.4. The summed E-state index contributed by atoms with van der Waals surface area (Å²) in [4.78, 5) is 57.1. The van der Waals surface area contributed by atoms with E-state index in [-0.39, 0.29) is 65.5 Å². The van der Waals surface area contributed by atoms with E-state index in [1.807, 2.05) is 0 Å². The summed E-state index contributed by atoms with van der Waals surface area (Å²) in [6.45, 7) is 4.50. The highest BCUT2D eigenvalue weighted by Gasteiger charge is 2.45. The van der Waals surface area contributed by atoms with Crippen LogP contribution >= 0.6 is 35.5 Å². The number of carbonyl (C=O) groups is 4. The Morgan fingerprint density at radius 1 is 0.526 bits per heavy atom. The van der Waals surface area contributed by atoms with Crippen molar-refractivity contribution in [3.05, 3.63) is 0 Å². The molecule has 0 heterocycles. The maximum Gasteiger partial charge on any atom is 0.307 e. The van der Waals surface area contributed by atoms with Gasteiger partial charge < -0.3 is 25.6 Å². The van der Waals surface area contributed by atoms with Gasteiger partial charge >= 0.3 is 11.9 Å². The molecule has 2 amide bonds. The fourth-order valence-electron chi connectivity index (χ4n) is 10.8. The van der Waals surface area contributed by atoms with Crippen molar-refractivity contribution in [2.24, 2.45) is 47.3 Å². The van der Waals surface area contributed by atoms with Crippen LogP contribution in [0.5, 0.6) is 0 Å². The Balaban J connectivity index is 0.900. The molecule has 0 aromatic heterocycles. The van der Waals surface area contributed by atoms with Crippen LogP contribution in [0.15, 0.2) is 0 Å². The van der Waals surface area contributed by atoms with Crippen molar-refractivity contribution in [2.45, 2.75) is 190 Å². The lowest BCUT2D eigenvalue weighted by Gasteiger charge is -2.42. The minimum Gasteiger partial charge on any atom is -0.481 e. The van der Waals surface area contributed by atoms with Gasteiger partial charge in [0.05, 0.1) is 58.8 Å². The van der Waals surface area contributed by atoms with Crippen molar-refractivity contribution in [3.63, 3.8) is 0 Å². The van der Waals surface area contributed by atoms with Gasteiger partial charge in [0.1, 0.15) is 0 Å². The average Bonchev–Trinajstić information content (AvgIpc) is 3.19. The number of carbonyl (C=O) groups excluding carboxylic acids is 2. The minimum atomic E-state index is -1.02. The molecule has 6 rings (SSSR count). The third kappa shape index (κ3) is 12.6. The molecule has 324 valence electrons. The van der Waals surface area contributed by atoms with Gasteiger partial charge in [-0.2, -0.15) is 0 Å². The van der Waals surface area contributed by atoms with Gasteiger partial charge in [0.2, 0.25) is 11.8 Å². The highest BCUT2D eigenvalue weighted by atomic mass is 35.5. The molecular weight excluding hydrogens is 795 g/mol. The maximum absolute atomic E-state index is 13.5. The highest BCUT2D eigenvalue weighted by molar-refractivity contribution is 7.89. The predicted molar refractivity (Wildman–Crippen MR) is 217 cm³/mol. The molecule has 0 aliphatic heterocycles. The number of rotatable bonds is 14. The first-order valence-corrected chi connectivity index (χ1v) is 23.5. The Morgan fingerprint density at radius 3 is 1.44 bits per heavy atom. The molecule has 0 saturated heterocycles. The zero-order valence-electron chi connectivity index (χ0n) is 33.7. The van der Waals surface area contributed by atoms with Crippen LogP contribution in [-0.2, 0) is 37.3 Å². The summed E-state index contributed by atoms with van der Waals surface area (Å²) in [5.41, 5.74) is 0. The molecule has 15 heteroatoms. The lowest BCUT2D eigenvalue weighted by molar-refractivity contribution is -0.244. The van der Waals surface area contributed by atoms with E-state index in [0.29, 0.717) is 75.0 Å². The average molecular weight is 862 g/mol. The zero-order chi connectivity index (χ0) is 40.6. The Kier molecular flexibility index (Phi) is 17.0. The number of carboxylic acids is 2. The number of hydrogen-bond donors (Lipinski definition) is 4. The highest BCUT2D eigenvalue weighted by Crippen LogP contribution is 2.43. The molecule has 12 nitrogen and oxygen atoms in total. The minimum absolute atomic E-state index is 0.0450. The van der Waals surface area contributed by atoms with Crippen molar-refractivity contribution >= 4 is 59.3 Å². The fourth-order valence-corrected chi connectivity index (χ4v) is 12.1. The van der Waals surface area contributed by atoms with Crippen molar-refractivity contribution in [2.75, 3.05) is 0 Å². The first-order chi connectivity index (χ1) is 27.3. The molecule has 12 atom stereocenters. The maximum atomic E-state index is 13.5. The van der Waals surface area contributed by atoms with Crippen LogP contribution in [0.25, 0.3) is 0 Å². The fraction of sp³-hybridized carbons (Fsp3) is 0.905. The molecule has 0 spiro atoms. The quantitative estimate of drug-likeness (QED) is 0.0437. The SMILES string of the molecule is CC1CCC(OOSOC2CCC(C(=O)NC3CCC(C4CCC(NC(=O)C5CCC(OC6CCC(C)CC6)CC5C(=O)O)C(Cl)C4)CC3Cl)C(C(=O)O)C2)CC1. The predicted octanol–water partition coefficient (Wildman–Crippen LogP) is 8.21. The Hall–Kier alpha value is -1.35. The summed E-state index contributed by atoms with van der Waals surface area (Å²) < 4.78 is 17.3. The van der Waals surface area contributed by atoms with E-state index in [2.05, 4.69) is 24.5 Å². The van der Waals surface area contributed by atoms with E-state index in [1.54, 1.807) is 0 Å². The lowest BCUT2D eigenvalue weighted by Crippen LogP contribution is -2.52. The van der Waals surface area contributed by atoms with Crippen LogP contribution in [0.3, 0.4) is 0 Å². The first-order valence-electron chi connectivity index (χ1n) is 22.0. The lowest BCUT2D eigenvalue weighted by atomic mass is 9.71. The van der Waals surface area contributed by atoms with Gasteiger partial charge in [0.25, 0.3) is 0 Å². The van der Waals surface area contributed by atoms with Crippen molar-refractivity contribution < 1.29 is 47.5 Å². The number of carboxylic acid groups (broad SMARTS) is 2. The third-order valence-electron chi connectivity index (χ3n) is 14.5. The van der Waals surface area contributed by atoms with Gasteiger partial charge in [0, 0.05) is 12.1 Å². The second kappa shape index (κ2) is 21.4. The number of ether oxygens (including phenoxy) is 1. The number of hydrogen-bond acceptors (Lipinski definition) is 9. The molecule has 57 heavy (non-hydrogen) atoms. The van der Waals surface area contributed by atoms with E-state index in [0.717, 1.165) is 83.0 Å². The van der Waals surface area contributed by atoms with Crippen LogP contribution in [0, 0.1) is 47.3 Å². The van der Waals surface area contributed by atoms with Gasteiger partial charge in [-0.1, -0.05) is 13.8 Å². The molecular formula is C42H66Cl2N2O10S. The van der Waals surface area contributed by atoms with E-state index < -0.39 is 35.6 Å². The van der Waals surface area contributed by atoms with Gasteiger partial charge in [-0.25, -0.2) is 4.89 Å². The van der Waals surface area contributed by atoms with Gasteiger partial charge in [0.15, 0.2) is 12.3 Å². The number of alkyl halides is 2. The second-order valence-corrected chi connectivity index (χ2v) is 20.2. The summed E-state index contributed by atoms with van der Waals surface area (Å²) in [7, 11) is 0. The molecule has 0 aromatic carbocycles. The monoisotopic (exact) mass is 860 g/mol. The molecule has 6 aliphatic rings. The van der Waals surface area contributed by atoms with E-state index >= 15 is 0 Å². The Morgan fingerprint density at radius 2 is 0.965 bits per heavy atom. The van der Waals surface area contributed by atoms with E-state index in [4.69, 9.17) is 41.3 Å². The number of amides is 2. The Bertz CT molecular complexity index is 1350. The van der Waals surface area contributed by atoms with Crippen LogP contribution < -0.4 is 10.6 Å². The summed E-state index contributed by atoms with van der Waals surface area (Å²) in [5.74, 6) is -3.29. The van der Waals surface area contributed by atoms with Gasteiger partial charge in [-0.05, 0) is 152 Å². The van der Waals surface area contributed by atoms with Gasteiger partial charge in [-0.3, -0.25) is 23.4 Å². The van der Waals surface area contributed by atoms with Crippen LogP contribution in [0.2, 0.25) is 0 Å². The van der Waals surface area contributed by atoms with Gasteiger partial charge in [-0.15, -0.1) is 27.5 Å². The largest absolute Gasteiger partial charge is 0.481 e. The third-order valence-corrected chi connectivity index (χ3v) is 16.0. The van der Waals surface area contributed by atoms with E-state index in [9.17, 15) is 29.4 Å². The molecule has 6 aliphatic carbocycles. The van der Waals surface area contributed by atoms with Crippen LogP contribution in [-0.4, -0.2) is 81.2 Å². The number of halogens is 2. The first kappa shape index (κ1) is 45.2. The van der Waals surface area contributed by atoms with E-state index in [1.165, 1.54) is 0 Å². The molecule has 0 bridgehead atoms. The summed E-state index contributed by atoms with van der Waals surface area (Å²) in [5, 5.41) is 25.8. The standard InChI is InChI=1S/C42H66Cl2N2O10S/c1-23-3-9-27(10-4-23)53-29-13-15-31(33(21-29)41(49)50)39(47)45-37-17-7-25(19-35(37)43)26-8-18-38(36(44)20-26)46-40(48)32-16-14-30(22-34(32)42(51)52)55-57-56-54-28-11-5-24(2)6-12-28/h23-38H,3-22H2,1-2H3,(H,45,47)(H,46,48)(H,49,50)(H,51,52). The van der Waals surface area contributed by atoms with Crippen molar-refractivity contribution in [1.82, 2.24) is 10.6 Å². The number of nitrogens with one attached hydrogen (secondary N) is 2. The smallest absolute Gasteiger partial charge is 0.307 e. The van der Waals surface area contributed by atoms with Crippen LogP contribution in [0.1, 0.15) is 142 Å². The molecule has 4 N–H and O–H groups in total. The topological polar surface area (TPSA) is 170 Å². The molecule has 6 saturated carbocycles. The van der Waals surface area contributed by atoms with Crippen LogP contribution in [0.4, 0.5) is 0 Å². The Labute approximate surface area is 353 Å². The molecule has 0 aromatic rings. The molecule has 12 unspecified atom stereocenters. The second-order valence-electron chi connectivity index (χ2n) is 18.6. The number of aliphatic carboxylic acids is 2. The normalized spacial score (nSPS) is 41.8. The van der Waals surface area contributed by atoms with Crippen molar-refractivity contribution in [3.8, 4) is 0 Å². The van der Waals surface area contributed by atoms with Crippen molar-refractivity contribution in [1.29, 1.82) is 0 Å². The molecule has 0 radical (unpaired) electrons.